The van der Waals surface area contributed by atoms with Crippen molar-refractivity contribution in [1.29, 1.82) is 0 Å². The first-order valence-corrected chi connectivity index (χ1v) is 8.84. The number of piperidine rings is 1. The van der Waals surface area contributed by atoms with E-state index in [0.717, 1.165) is 24.2 Å². The van der Waals surface area contributed by atoms with E-state index in [1.54, 1.807) is 11.8 Å². The van der Waals surface area contributed by atoms with Crippen molar-refractivity contribution in [2.45, 2.75) is 59.6 Å². The first-order valence-electron chi connectivity index (χ1n) is 8.84. The minimum Gasteiger partial charge on any atom is -0.447 e. The fraction of sp³-hybridized carbons (Fsp3) is 0.611. The summed E-state index contributed by atoms with van der Waals surface area (Å²) in [4.78, 5) is 31.2. The van der Waals surface area contributed by atoms with E-state index >= 15 is 0 Å². The molecule has 1 N–H and O–H groups in total. The molecule has 0 saturated carbocycles. The highest BCUT2D eigenvalue weighted by Crippen LogP contribution is 2.34. The summed E-state index contributed by atoms with van der Waals surface area (Å²) in [6.07, 6.45) is 1.30. The van der Waals surface area contributed by atoms with Gasteiger partial charge in [-0.25, -0.2) is 14.3 Å². The maximum absolute atomic E-state index is 12.5. The van der Waals surface area contributed by atoms with Gasteiger partial charge in [0.05, 0.1) is 17.8 Å². The van der Waals surface area contributed by atoms with E-state index in [4.69, 9.17) is 4.74 Å². The zero-order valence-corrected chi connectivity index (χ0v) is 15.5. The molecule has 2 aromatic heterocycles. The fourth-order valence-corrected chi connectivity index (χ4v) is 3.33. The summed E-state index contributed by atoms with van der Waals surface area (Å²) in [7, 11) is 0. The smallest absolute Gasteiger partial charge is 0.410 e. The molecule has 1 saturated heterocycles. The van der Waals surface area contributed by atoms with Crippen molar-refractivity contribution in [2.24, 2.45) is 5.92 Å². The molecule has 3 rings (SSSR count). The Morgan fingerprint density at radius 2 is 2.12 bits per heavy atom. The Balaban J connectivity index is 2.01. The number of fused-ring (bicyclic) bond motifs is 1. The van der Waals surface area contributed by atoms with Gasteiger partial charge in [0.25, 0.3) is 5.56 Å². The Morgan fingerprint density at radius 3 is 2.80 bits per heavy atom. The van der Waals surface area contributed by atoms with Crippen molar-refractivity contribution in [2.75, 3.05) is 6.54 Å². The Bertz CT molecular complexity index is 852. The van der Waals surface area contributed by atoms with Gasteiger partial charge in [0, 0.05) is 23.9 Å². The van der Waals surface area contributed by atoms with E-state index in [0.29, 0.717) is 23.7 Å². The standard InChI is InChI=1S/C18H26N4O3/c1-10(2)25-18(24)21-7-6-11(3)8-15(21)14-9-16-19-13(5)12(4)17(23)22(16)20-14/h9-11,15,20H,6-8H2,1-5H3. The summed E-state index contributed by atoms with van der Waals surface area (Å²) in [5.74, 6) is 0.493. The zero-order valence-electron chi connectivity index (χ0n) is 15.5. The number of aryl methyl sites for hydroxylation is 1. The molecule has 3 heterocycles. The van der Waals surface area contributed by atoms with Gasteiger partial charge in [-0.1, -0.05) is 6.92 Å². The SMILES string of the molecule is Cc1nc2cc(C3CC(C)CCN3C(=O)OC(C)C)[nH]n2c(=O)c1C. The van der Waals surface area contributed by atoms with Gasteiger partial charge in [0.1, 0.15) is 0 Å². The summed E-state index contributed by atoms with van der Waals surface area (Å²) in [6, 6.07) is 1.73. The molecule has 1 amide bonds. The monoisotopic (exact) mass is 346 g/mol. The fourth-order valence-electron chi connectivity index (χ4n) is 3.33. The summed E-state index contributed by atoms with van der Waals surface area (Å²) in [5, 5.41) is 3.15. The molecule has 7 heteroatoms. The molecule has 2 unspecified atom stereocenters. The number of aromatic nitrogens is 3. The van der Waals surface area contributed by atoms with E-state index in [-0.39, 0.29) is 23.8 Å². The zero-order chi connectivity index (χ0) is 18.3. The average molecular weight is 346 g/mol. The first kappa shape index (κ1) is 17.5. The molecule has 136 valence electrons. The van der Waals surface area contributed by atoms with Crippen molar-refractivity contribution < 1.29 is 9.53 Å². The van der Waals surface area contributed by atoms with Crippen LogP contribution in [0.2, 0.25) is 0 Å². The second kappa shape index (κ2) is 6.54. The number of amides is 1. The van der Waals surface area contributed by atoms with Crippen LogP contribution in [0.4, 0.5) is 4.79 Å². The third-order valence-electron chi connectivity index (χ3n) is 4.90. The maximum atomic E-state index is 12.5. The molecule has 0 aromatic carbocycles. The maximum Gasteiger partial charge on any atom is 0.410 e. The number of hydrogen-bond acceptors (Lipinski definition) is 4. The third-order valence-corrected chi connectivity index (χ3v) is 4.90. The molecular formula is C18H26N4O3. The minimum atomic E-state index is -0.307. The van der Waals surface area contributed by atoms with E-state index in [2.05, 4.69) is 17.0 Å². The molecule has 0 spiro atoms. The van der Waals surface area contributed by atoms with E-state index in [9.17, 15) is 9.59 Å². The molecular weight excluding hydrogens is 320 g/mol. The van der Waals surface area contributed by atoms with Crippen LogP contribution in [-0.2, 0) is 4.74 Å². The number of nitrogens with one attached hydrogen (secondary N) is 1. The highest BCUT2D eigenvalue weighted by Gasteiger charge is 2.33. The summed E-state index contributed by atoms with van der Waals surface area (Å²) >= 11 is 0. The number of nitrogens with zero attached hydrogens (tertiary/aromatic N) is 3. The van der Waals surface area contributed by atoms with Crippen molar-refractivity contribution in [3.63, 3.8) is 0 Å². The van der Waals surface area contributed by atoms with Crippen LogP contribution in [0, 0.1) is 19.8 Å². The molecule has 0 radical (unpaired) electrons. The Morgan fingerprint density at radius 1 is 1.40 bits per heavy atom. The van der Waals surface area contributed by atoms with Gasteiger partial charge in [-0.3, -0.25) is 14.8 Å². The van der Waals surface area contributed by atoms with Crippen LogP contribution in [0.3, 0.4) is 0 Å². The van der Waals surface area contributed by atoms with Crippen LogP contribution in [-0.4, -0.2) is 38.2 Å². The van der Waals surface area contributed by atoms with Crippen LogP contribution < -0.4 is 5.56 Å². The van der Waals surface area contributed by atoms with E-state index < -0.39 is 0 Å². The number of likely N-dealkylation sites (tertiary alicyclic amines) is 1. The van der Waals surface area contributed by atoms with Crippen LogP contribution in [0.5, 0.6) is 0 Å². The lowest BCUT2D eigenvalue weighted by atomic mass is 9.91. The highest BCUT2D eigenvalue weighted by atomic mass is 16.6. The Labute approximate surface area is 147 Å². The van der Waals surface area contributed by atoms with Gasteiger partial charge in [-0.15, -0.1) is 0 Å². The topological polar surface area (TPSA) is 79.7 Å². The molecule has 1 fully saturated rings. The van der Waals surface area contributed by atoms with Crippen LogP contribution in [0.1, 0.15) is 56.6 Å². The minimum absolute atomic E-state index is 0.103. The number of aromatic amines is 1. The number of H-pyrrole nitrogens is 1. The molecule has 0 aliphatic carbocycles. The molecule has 0 bridgehead atoms. The molecule has 25 heavy (non-hydrogen) atoms. The van der Waals surface area contributed by atoms with Gasteiger partial charge in [-0.2, -0.15) is 0 Å². The van der Waals surface area contributed by atoms with E-state index in [1.807, 2.05) is 26.8 Å². The molecule has 7 nitrogen and oxygen atoms in total. The summed E-state index contributed by atoms with van der Waals surface area (Å²) in [6.45, 7) is 10.1. The van der Waals surface area contributed by atoms with Gasteiger partial charge < -0.3 is 4.74 Å². The largest absolute Gasteiger partial charge is 0.447 e. The van der Waals surface area contributed by atoms with Crippen molar-refractivity contribution in [3.8, 4) is 0 Å². The van der Waals surface area contributed by atoms with Crippen LogP contribution in [0.25, 0.3) is 5.65 Å². The second-order valence-electron chi connectivity index (χ2n) is 7.30. The lowest BCUT2D eigenvalue weighted by molar-refractivity contribution is 0.0440. The van der Waals surface area contributed by atoms with Gasteiger partial charge >= 0.3 is 6.09 Å². The number of ether oxygens (including phenoxy) is 1. The number of carbonyl (C=O) groups excluding carboxylic acids is 1. The van der Waals surface area contributed by atoms with Crippen molar-refractivity contribution in [3.05, 3.63) is 33.4 Å². The van der Waals surface area contributed by atoms with Gasteiger partial charge in [0.15, 0.2) is 5.65 Å². The summed E-state index contributed by atoms with van der Waals surface area (Å²) < 4.78 is 6.86. The van der Waals surface area contributed by atoms with Gasteiger partial charge in [0.2, 0.25) is 0 Å². The van der Waals surface area contributed by atoms with Crippen molar-refractivity contribution in [1.82, 2.24) is 19.5 Å². The van der Waals surface area contributed by atoms with Crippen molar-refractivity contribution >= 4 is 11.7 Å². The third kappa shape index (κ3) is 3.27. The number of carbonyl (C=O) groups is 1. The Kier molecular flexibility index (Phi) is 4.58. The Hall–Kier alpha value is -2.31. The molecule has 2 atom stereocenters. The first-order chi connectivity index (χ1) is 11.8. The lowest BCUT2D eigenvalue weighted by Gasteiger charge is -2.37. The molecule has 1 aliphatic rings. The predicted octanol–water partition coefficient (Wildman–Crippen LogP) is 2.96. The quantitative estimate of drug-likeness (QED) is 0.906. The second-order valence-corrected chi connectivity index (χ2v) is 7.30. The number of rotatable bonds is 2. The molecule has 2 aromatic rings. The number of hydrogen-bond donors (Lipinski definition) is 1. The highest BCUT2D eigenvalue weighted by molar-refractivity contribution is 5.68. The summed E-state index contributed by atoms with van der Waals surface area (Å²) in [5.41, 5.74) is 2.65. The predicted molar refractivity (Wildman–Crippen MR) is 94.7 cm³/mol. The molecule has 1 aliphatic heterocycles. The van der Waals surface area contributed by atoms with Crippen LogP contribution >= 0.6 is 0 Å². The average Bonchev–Trinajstić information content (AvgIpc) is 2.95. The van der Waals surface area contributed by atoms with E-state index in [1.165, 1.54) is 4.52 Å². The lowest BCUT2D eigenvalue weighted by Crippen LogP contribution is -2.42. The van der Waals surface area contributed by atoms with Crippen LogP contribution in [0.15, 0.2) is 10.9 Å². The normalized spacial score (nSPS) is 21.1. The van der Waals surface area contributed by atoms with Gasteiger partial charge in [-0.05, 0) is 46.5 Å².